The molecule has 0 heterocycles. The number of carbonyl (C=O) groups excluding carboxylic acids is 3. The van der Waals surface area contributed by atoms with E-state index in [4.69, 9.17) is 14.2 Å². The minimum Gasteiger partial charge on any atom is -0.462 e. The van der Waals surface area contributed by atoms with Gasteiger partial charge in [-0.25, -0.2) is 0 Å². The van der Waals surface area contributed by atoms with Crippen LogP contribution in [-0.2, 0) is 28.6 Å². The lowest BCUT2D eigenvalue weighted by Crippen LogP contribution is -2.30. The van der Waals surface area contributed by atoms with Gasteiger partial charge in [-0.05, 0) is 70.6 Å². The van der Waals surface area contributed by atoms with E-state index in [1.807, 2.05) is 0 Å². The zero-order valence-electron chi connectivity index (χ0n) is 39.9. The van der Waals surface area contributed by atoms with Crippen LogP contribution in [0.3, 0.4) is 0 Å². The summed E-state index contributed by atoms with van der Waals surface area (Å²) in [6, 6.07) is 0. The van der Waals surface area contributed by atoms with Gasteiger partial charge in [-0.15, -0.1) is 0 Å². The van der Waals surface area contributed by atoms with Crippen LogP contribution in [0.4, 0.5) is 0 Å². The molecule has 6 nitrogen and oxygen atoms in total. The van der Waals surface area contributed by atoms with Crippen molar-refractivity contribution in [3.63, 3.8) is 0 Å². The SMILES string of the molecule is CC/C=C\C/C=C\C/C=C\C/C=C\C/C=C\C/C=C\CCCCCCC(=O)OCC(COC(=O)CCCCCCCC)OC(=O)CCCCCCCCCCCCCCCC. The molecule has 0 saturated heterocycles. The van der Waals surface area contributed by atoms with Crippen LogP contribution in [-0.4, -0.2) is 37.2 Å². The quantitative estimate of drug-likeness (QED) is 0.0263. The van der Waals surface area contributed by atoms with E-state index >= 15 is 0 Å². The predicted molar refractivity (Wildman–Crippen MR) is 261 cm³/mol. The smallest absolute Gasteiger partial charge is 0.306 e. The number of unbranched alkanes of at least 4 members (excludes halogenated alkanes) is 22. The topological polar surface area (TPSA) is 78.9 Å². The Kier molecular flexibility index (Phi) is 46.9. The highest BCUT2D eigenvalue weighted by Gasteiger charge is 2.19. The van der Waals surface area contributed by atoms with Gasteiger partial charge in [0.1, 0.15) is 13.2 Å². The van der Waals surface area contributed by atoms with E-state index in [0.717, 1.165) is 109 Å². The fourth-order valence-electron chi connectivity index (χ4n) is 6.92. The molecule has 0 fully saturated rings. The van der Waals surface area contributed by atoms with E-state index in [-0.39, 0.29) is 31.1 Å². The van der Waals surface area contributed by atoms with Crippen LogP contribution in [0.15, 0.2) is 72.9 Å². The van der Waals surface area contributed by atoms with Crippen molar-refractivity contribution in [1.29, 1.82) is 0 Å². The maximum absolute atomic E-state index is 12.7. The minimum atomic E-state index is -0.780. The highest BCUT2D eigenvalue weighted by molar-refractivity contribution is 5.71. The van der Waals surface area contributed by atoms with Crippen molar-refractivity contribution in [2.75, 3.05) is 13.2 Å². The Morgan fingerprint density at radius 2 is 0.639 bits per heavy atom. The van der Waals surface area contributed by atoms with Crippen LogP contribution in [0.5, 0.6) is 0 Å². The number of hydrogen-bond acceptors (Lipinski definition) is 6. The molecule has 0 aromatic rings. The Labute approximate surface area is 376 Å². The van der Waals surface area contributed by atoms with Crippen LogP contribution < -0.4 is 0 Å². The number of allylic oxidation sites excluding steroid dienone is 12. The Hall–Kier alpha value is -3.15. The molecule has 0 radical (unpaired) electrons. The van der Waals surface area contributed by atoms with Crippen LogP contribution in [0.1, 0.15) is 239 Å². The molecule has 1 atom stereocenters. The monoisotopic (exact) mass is 851 g/mol. The summed E-state index contributed by atoms with van der Waals surface area (Å²) in [5, 5.41) is 0. The fraction of sp³-hybridized carbons (Fsp3) is 0.727. The van der Waals surface area contributed by atoms with Gasteiger partial charge >= 0.3 is 17.9 Å². The summed E-state index contributed by atoms with van der Waals surface area (Å²) in [6.45, 7) is 6.44. The van der Waals surface area contributed by atoms with Gasteiger partial charge in [0.05, 0.1) is 0 Å². The molecular weight excluding hydrogens is 757 g/mol. The van der Waals surface area contributed by atoms with Crippen molar-refractivity contribution in [3.05, 3.63) is 72.9 Å². The lowest BCUT2D eigenvalue weighted by molar-refractivity contribution is -0.167. The standard InChI is InChI=1S/C55H94O6/c1-4-7-10-13-16-18-20-22-24-25-26-27-28-29-30-31-32-34-35-37-39-42-45-48-54(57)60-51-52(50-59-53(56)47-44-41-15-12-9-6-3)61-55(58)49-46-43-40-38-36-33-23-21-19-17-14-11-8-5-2/h7,10,16,18,22,24,26-27,29-30,32,34,52H,4-6,8-9,11-15,17,19-21,23,25,28,31,33,35-51H2,1-3H3/b10-7-,18-16-,24-22-,27-26-,30-29-,34-32-. The summed E-state index contributed by atoms with van der Waals surface area (Å²) in [4.78, 5) is 37.7. The summed E-state index contributed by atoms with van der Waals surface area (Å²) in [5.74, 6) is -0.916. The summed E-state index contributed by atoms with van der Waals surface area (Å²) in [7, 11) is 0. The number of rotatable bonds is 45. The molecule has 0 rings (SSSR count). The predicted octanol–water partition coefficient (Wildman–Crippen LogP) is 16.6. The third-order valence-electron chi connectivity index (χ3n) is 10.7. The molecule has 1 unspecified atom stereocenters. The zero-order chi connectivity index (χ0) is 44.4. The van der Waals surface area contributed by atoms with Crippen molar-refractivity contribution >= 4 is 17.9 Å². The maximum Gasteiger partial charge on any atom is 0.306 e. The molecular formula is C55H94O6. The number of esters is 3. The summed E-state index contributed by atoms with van der Waals surface area (Å²) in [6.07, 6.45) is 61.9. The van der Waals surface area contributed by atoms with E-state index in [1.165, 1.54) is 89.9 Å². The second-order valence-electron chi connectivity index (χ2n) is 16.7. The molecule has 0 aromatic carbocycles. The molecule has 0 aromatic heterocycles. The van der Waals surface area contributed by atoms with Gasteiger partial charge in [0, 0.05) is 19.3 Å². The van der Waals surface area contributed by atoms with E-state index in [1.54, 1.807) is 0 Å². The Morgan fingerprint density at radius 1 is 0.344 bits per heavy atom. The second-order valence-corrected chi connectivity index (χ2v) is 16.7. The van der Waals surface area contributed by atoms with Crippen LogP contribution >= 0.6 is 0 Å². The Balaban J connectivity index is 4.25. The third-order valence-corrected chi connectivity index (χ3v) is 10.7. The van der Waals surface area contributed by atoms with Crippen LogP contribution in [0.2, 0.25) is 0 Å². The van der Waals surface area contributed by atoms with Crippen molar-refractivity contribution < 1.29 is 28.6 Å². The van der Waals surface area contributed by atoms with E-state index in [0.29, 0.717) is 19.3 Å². The first-order chi connectivity index (χ1) is 30.0. The van der Waals surface area contributed by atoms with E-state index in [9.17, 15) is 14.4 Å². The lowest BCUT2D eigenvalue weighted by atomic mass is 10.0. The van der Waals surface area contributed by atoms with Gasteiger partial charge in [-0.1, -0.05) is 222 Å². The summed E-state index contributed by atoms with van der Waals surface area (Å²) < 4.78 is 16.7. The van der Waals surface area contributed by atoms with E-state index < -0.39 is 6.10 Å². The van der Waals surface area contributed by atoms with Gasteiger partial charge in [0.25, 0.3) is 0 Å². The number of ether oxygens (including phenoxy) is 3. The first-order valence-electron chi connectivity index (χ1n) is 25.4. The van der Waals surface area contributed by atoms with Gasteiger partial charge in [-0.2, -0.15) is 0 Å². The average Bonchev–Trinajstić information content (AvgIpc) is 3.26. The Bertz CT molecular complexity index is 1160. The molecule has 0 spiro atoms. The number of hydrogen-bond donors (Lipinski definition) is 0. The maximum atomic E-state index is 12.7. The Morgan fingerprint density at radius 3 is 1.00 bits per heavy atom. The third kappa shape index (κ3) is 47.7. The molecule has 0 amide bonds. The normalized spacial score (nSPS) is 12.6. The zero-order valence-corrected chi connectivity index (χ0v) is 39.9. The van der Waals surface area contributed by atoms with Gasteiger partial charge < -0.3 is 14.2 Å². The first-order valence-corrected chi connectivity index (χ1v) is 25.4. The molecule has 350 valence electrons. The van der Waals surface area contributed by atoms with Crippen molar-refractivity contribution in [3.8, 4) is 0 Å². The second kappa shape index (κ2) is 49.5. The van der Waals surface area contributed by atoms with Crippen molar-refractivity contribution in [1.82, 2.24) is 0 Å². The van der Waals surface area contributed by atoms with Crippen molar-refractivity contribution in [2.24, 2.45) is 0 Å². The highest BCUT2D eigenvalue weighted by atomic mass is 16.6. The van der Waals surface area contributed by atoms with Crippen LogP contribution in [0, 0.1) is 0 Å². The number of carbonyl (C=O) groups is 3. The molecule has 0 aliphatic rings. The molecule has 0 N–H and O–H groups in total. The molecule has 6 heteroatoms. The van der Waals surface area contributed by atoms with Crippen molar-refractivity contribution in [2.45, 2.75) is 245 Å². The van der Waals surface area contributed by atoms with Gasteiger partial charge in [-0.3, -0.25) is 14.4 Å². The summed E-state index contributed by atoms with van der Waals surface area (Å²) >= 11 is 0. The van der Waals surface area contributed by atoms with E-state index in [2.05, 4.69) is 93.7 Å². The largest absolute Gasteiger partial charge is 0.462 e. The highest BCUT2D eigenvalue weighted by Crippen LogP contribution is 2.15. The molecule has 0 saturated carbocycles. The summed E-state index contributed by atoms with van der Waals surface area (Å²) in [5.41, 5.74) is 0. The molecule has 0 bridgehead atoms. The molecule has 61 heavy (non-hydrogen) atoms. The van der Waals surface area contributed by atoms with Gasteiger partial charge in [0.2, 0.25) is 0 Å². The minimum absolute atomic E-state index is 0.0823. The van der Waals surface area contributed by atoms with Crippen LogP contribution in [0.25, 0.3) is 0 Å². The average molecular weight is 851 g/mol. The lowest BCUT2D eigenvalue weighted by Gasteiger charge is -2.18. The van der Waals surface area contributed by atoms with Gasteiger partial charge in [0.15, 0.2) is 6.10 Å². The fourth-order valence-corrected chi connectivity index (χ4v) is 6.92. The molecule has 0 aliphatic heterocycles. The molecule has 0 aliphatic carbocycles. The first kappa shape index (κ1) is 57.9.